The van der Waals surface area contributed by atoms with Gasteiger partial charge in [-0.1, -0.05) is 57.0 Å². The fraction of sp³-hybridized carbons (Fsp3) is 0.382. The zero-order valence-corrected chi connectivity index (χ0v) is 28.6. The van der Waals surface area contributed by atoms with Gasteiger partial charge in [-0.05, 0) is 63.1 Å². The molecular formula is C34H39F4N5O5S. The monoisotopic (exact) mass is 705 g/mol. The van der Waals surface area contributed by atoms with E-state index in [-0.39, 0.29) is 40.4 Å². The molecule has 15 heteroatoms. The Bertz CT molecular complexity index is 1980. The van der Waals surface area contributed by atoms with E-state index in [0.717, 1.165) is 36.0 Å². The van der Waals surface area contributed by atoms with Gasteiger partial charge in [-0.3, -0.25) is 4.57 Å². The quantitative estimate of drug-likeness (QED) is 0.117. The second kappa shape index (κ2) is 14.8. The Morgan fingerprint density at radius 1 is 0.980 bits per heavy atom. The molecular weight excluding hydrogens is 666 g/mol. The third-order valence-electron chi connectivity index (χ3n) is 7.38. The molecule has 0 atom stereocenters. The van der Waals surface area contributed by atoms with Crippen molar-refractivity contribution in [2.24, 2.45) is 0 Å². The predicted octanol–water partition coefficient (Wildman–Crippen LogP) is 7.29. The van der Waals surface area contributed by atoms with Crippen LogP contribution in [0.15, 0.2) is 70.4 Å². The molecule has 0 fully saturated rings. The molecule has 0 aliphatic heterocycles. The summed E-state index contributed by atoms with van der Waals surface area (Å²) >= 11 is 0. The van der Waals surface area contributed by atoms with Crippen LogP contribution in [0.3, 0.4) is 0 Å². The number of hydrogen-bond donors (Lipinski definition) is 2. The number of sulfonamides is 1. The lowest BCUT2D eigenvalue weighted by molar-refractivity contribution is -0.137. The molecule has 4 aromatic rings. The summed E-state index contributed by atoms with van der Waals surface area (Å²) in [4.78, 5) is 25.5. The number of carbonyl (C=O) groups is 1. The Morgan fingerprint density at radius 2 is 1.69 bits per heavy atom. The number of halogens is 4. The second-order valence-corrected chi connectivity index (χ2v) is 14.0. The van der Waals surface area contributed by atoms with Crippen molar-refractivity contribution in [3.63, 3.8) is 0 Å². The molecule has 0 bridgehead atoms. The minimum atomic E-state index is -4.78. The highest BCUT2D eigenvalue weighted by atomic mass is 32.2. The molecule has 264 valence electrons. The smallest absolute Gasteiger partial charge is 0.421 e. The van der Waals surface area contributed by atoms with Gasteiger partial charge in [0, 0.05) is 29.8 Å². The standard InChI is InChI=1S/C34H39F4N5O5S/c1-6-8-11-18-39-24-16-17-26(34(36,37)38)28(20-24)43-32(45)42(30(7-2)40-43)21-23-15-14-22(19-27(23)35)25-12-9-10-13-29(25)49(46,47)41-31(44)48-33(3,4)5/h9-10,12-17,19-20,39H,6-8,11,18,21H2,1-5H3,(H,41,44). The number of rotatable bonds is 12. The number of unbranched alkanes of at least 4 members (excludes halogenated alkanes) is 2. The number of amides is 1. The van der Waals surface area contributed by atoms with Crippen LogP contribution in [0.4, 0.5) is 28.0 Å². The van der Waals surface area contributed by atoms with Gasteiger partial charge in [0.05, 0.1) is 22.7 Å². The fourth-order valence-corrected chi connectivity index (χ4v) is 6.20. The average molecular weight is 706 g/mol. The van der Waals surface area contributed by atoms with Crippen molar-refractivity contribution in [3.8, 4) is 16.8 Å². The lowest BCUT2D eigenvalue weighted by Crippen LogP contribution is -2.36. The van der Waals surface area contributed by atoms with E-state index in [4.69, 9.17) is 4.74 Å². The maximum atomic E-state index is 15.7. The lowest BCUT2D eigenvalue weighted by atomic mass is 10.0. The molecule has 4 rings (SSSR count). The summed E-state index contributed by atoms with van der Waals surface area (Å²) in [5.41, 5.74) is -2.71. The number of nitrogens with zero attached hydrogens (tertiary/aromatic N) is 3. The maximum Gasteiger partial charge on any atom is 0.421 e. The molecule has 0 radical (unpaired) electrons. The summed E-state index contributed by atoms with van der Waals surface area (Å²) in [5.74, 6) is -0.673. The van der Waals surface area contributed by atoms with Crippen LogP contribution in [0.1, 0.15) is 70.8 Å². The van der Waals surface area contributed by atoms with Crippen molar-refractivity contribution in [2.45, 2.75) is 83.5 Å². The van der Waals surface area contributed by atoms with Gasteiger partial charge in [0.2, 0.25) is 0 Å². The lowest BCUT2D eigenvalue weighted by Gasteiger charge is -2.20. The second-order valence-electron chi connectivity index (χ2n) is 12.3. The SMILES string of the molecule is CCCCCNc1ccc(C(F)(F)F)c(-n2nc(CC)n(Cc3ccc(-c4ccccc4S(=O)(=O)NC(=O)OC(C)(C)C)cc3F)c2=O)c1. The van der Waals surface area contributed by atoms with Crippen LogP contribution < -0.4 is 15.7 Å². The van der Waals surface area contributed by atoms with Gasteiger partial charge in [-0.25, -0.2) is 27.1 Å². The van der Waals surface area contributed by atoms with Crippen molar-refractivity contribution in [3.05, 3.63) is 93.9 Å². The van der Waals surface area contributed by atoms with E-state index >= 15 is 4.39 Å². The van der Waals surface area contributed by atoms with Gasteiger partial charge in [-0.2, -0.15) is 17.9 Å². The first kappa shape index (κ1) is 37.2. The molecule has 0 saturated carbocycles. The molecule has 49 heavy (non-hydrogen) atoms. The molecule has 0 spiro atoms. The van der Waals surface area contributed by atoms with Crippen LogP contribution in [0, 0.1) is 5.82 Å². The average Bonchev–Trinajstić information content (AvgIpc) is 3.33. The Kier molecular flexibility index (Phi) is 11.3. The summed E-state index contributed by atoms with van der Waals surface area (Å²) < 4.78 is 92.7. The zero-order valence-electron chi connectivity index (χ0n) is 27.8. The third kappa shape index (κ3) is 9.08. The highest BCUT2D eigenvalue weighted by Gasteiger charge is 2.35. The number of hydrogen-bond acceptors (Lipinski definition) is 7. The largest absolute Gasteiger partial charge is 0.443 e. The first-order chi connectivity index (χ1) is 22.9. The highest BCUT2D eigenvalue weighted by Crippen LogP contribution is 2.35. The van der Waals surface area contributed by atoms with E-state index in [2.05, 4.69) is 10.4 Å². The molecule has 0 aliphatic rings. The normalized spacial score (nSPS) is 12.2. The summed E-state index contributed by atoms with van der Waals surface area (Å²) in [6.07, 6.45) is -3.07. The molecule has 0 aliphatic carbocycles. The van der Waals surface area contributed by atoms with E-state index in [1.807, 2.05) is 11.6 Å². The number of benzene rings is 3. The van der Waals surface area contributed by atoms with Crippen molar-refractivity contribution in [2.75, 3.05) is 11.9 Å². The highest BCUT2D eigenvalue weighted by molar-refractivity contribution is 7.90. The number of aromatic nitrogens is 3. The number of aryl methyl sites for hydroxylation is 1. The van der Waals surface area contributed by atoms with Gasteiger partial charge in [-0.15, -0.1) is 5.10 Å². The van der Waals surface area contributed by atoms with Crippen molar-refractivity contribution in [1.82, 2.24) is 19.1 Å². The van der Waals surface area contributed by atoms with Gasteiger partial charge in [0.1, 0.15) is 17.2 Å². The van der Waals surface area contributed by atoms with Crippen molar-refractivity contribution >= 4 is 21.8 Å². The molecule has 1 aromatic heterocycles. The number of carbonyl (C=O) groups excluding carboxylic acids is 1. The number of nitrogens with one attached hydrogen (secondary N) is 2. The van der Waals surface area contributed by atoms with E-state index in [0.29, 0.717) is 16.9 Å². The van der Waals surface area contributed by atoms with Gasteiger partial charge in [0.25, 0.3) is 10.0 Å². The first-order valence-electron chi connectivity index (χ1n) is 15.7. The Labute approximate surface area is 282 Å². The van der Waals surface area contributed by atoms with Crippen LogP contribution in [-0.4, -0.2) is 41.0 Å². The number of alkyl halides is 3. The molecule has 10 nitrogen and oxygen atoms in total. The van der Waals surface area contributed by atoms with Gasteiger partial charge in [0.15, 0.2) is 0 Å². The van der Waals surface area contributed by atoms with Crippen LogP contribution >= 0.6 is 0 Å². The summed E-state index contributed by atoms with van der Waals surface area (Å²) in [7, 11) is -4.43. The van der Waals surface area contributed by atoms with Crippen LogP contribution in [-0.2, 0) is 33.9 Å². The molecule has 2 N–H and O–H groups in total. The van der Waals surface area contributed by atoms with Crippen LogP contribution in [0.2, 0.25) is 0 Å². The minimum Gasteiger partial charge on any atom is -0.443 e. The topological polar surface area (TPSA) is 124 Å². The molecule has 0 saturated heterocycles. The van der Waals surface area contributed by atoms with E-state index in [9.17, 15) is 31.2 Å². The van der Waals surface area contributed by atoms with Crippen LogP contribution in [0.5, 0.6) is 0 Å². The van der Waals surface area contributed by atoms with Crippen molar-refractivity contribution in [1.29, 1.82) is 0 Å². The predicted molar refractivity (Wildman–Crippen MR) is 178 cm³/mol. The van der Waals surface area contributed by atoms with E-state index in [1.54, 1.807) is 33.8 Å². The molecule has 1 amide bonds. The Morgan fingerprint density at radius 3 is 2.33 bits per heavy atom. The maximum absolute atomic E-state index is 15.7. The molecule has 1 heterocycles. The van der Waals surface area contributed by atoms with E-state index < -0.39 is 50.7 Å². The Balaban J connectivity index is 1.68. The van der Waals surface area contributed by atoms with Gasteiger partial charge < -0.3 is 10.1 Å². The first-order valence-corrected chi connectivity index (χ1v) is 17.2. The van der Waals surface area contributed by atoms with Gasteiger partial charge >= 0.3 is 18.0 Å². The third-order valence-corrected chi connectivity index (χ3v) is 8.75. The number of anilines is 1. The minimum absolute atomic E-state index is 0.00899. The summed E-state index contributed by atoms with van der Waals surface area (Å²) in [6.45, 7) is 8.60. The summed E-state index contributed by atoms with van der Waals surface area (Å²) in [5, 5.41) is 7.29. The molecule has 0 unspecified atom stereocenters. The zero-order chi connectivity index (χ0) is 36.1. The Hall–Kier alpha value is -4.66. The van der Waals surface area contributed by atoms with Crippen molar-refractivity contribution < 1.29 is 35.5 Å². The fourth-order valence-electron chi connectivity index (χ4n) is 5.10. The summed E-state index contributed by atoms with van der Waals surface area (Å²) in [6, 6.07) is 13.0. The van der Waals surface area contributed by atoms with Crippen LogP contribution in [0.25, 0.3) is 16.8 Å². The van der Waals surface area contributed by atoms with E-state index in [1.165, 1.54) is 42.5 Å². The molecule has 3 aromatic carbocycles. The number of ether oxygens (including phenoxy) is 1.